The highest BCUT2D eigenvalue weighted by molar-refractivity contribution is 5.76. The van der Waals surface area contributed by atoms with Gasteiger partial charge >= 0.3 is 5.97 Å². The predicted octanol–water partition coefficient (Wildman–Crippen LogP) is -2.62. The normalized spacial score (nSPS) is 32.1. The Morgan fingerprint density at radius 2 is 2.17 bits per heavy atom. The fourth-order valence-corrected chi connectivity index (χ4v) is 2.30. The summed E-state index contributed by atoms with van der Waals surface area (Å²) in [4.78, 5) is 29.6. The van der Waals surface area contributed by atoms with Crippen LogP contribution in [0.3, 0.4) is 0 Å². The van der Waals surface area contributed by atoms with E-state index in [4.69, 9.17) is 25.3 Å². The van der Waals surface area contributed by atoms with E-state index in [-0.39, 0.29) is 0 Å². The van der Waals surface area contributed by atoms with Crippen LogP contribution in [-0.4, -0.2) is 80.3 Å². The highest BCUT2D eigenvalue weighted by Crippen LogP contribution is 2.32. The van der Waals surface area contributed by atoms with Crippen molar-refractivity contribution in [3.05, 3.63) is 10.4 Å². The molecule has 0 bridgehead atoms. The molecular weight excluding hydrogens is 332 g/mol. The van der Waals surface area contributed by atoms with Gasteiger partial charge in [0.1, 0.15) is 29.7 Å². The summed E-state index contributed by atoms with van der Waals surface area (Å²) in [5, 5.41) is 52.8. The van der Waals surface area contributed by atoms with Gasteiger partial charge in [-0.05, 0) is 5.53 Å². The molecule has 1 amide bonds. The smallest absolute Gasteiger partial charge is 0.364 e. The molecule has 13 heteroatoms. The zero-order valence-electron chi connectivity index (χ0n) is 12.5. The number of carboxylic acids is 1. The number of ether oxygens (including phenoxy) is 1. The first-order valence-electron chi connectivity index (χ1n) is 6.74. The average molecular weight is 350 g/mol. The molecule has 1 aliphatic heterocycles. The lowest BCUT2D eigenvalue weighted by molar-refractivity contribution is -0.299. The largest absolute Gasteiger partial charge is 0.477 e. The molecule has 1 rings (SSSR count). The Morgan fingerprint density at radius 3 is 2.62 bits per heavy atom. The molecule has 1 unspecified atom stereocenters. The van der Waals surface area contributed by atoms with Crippen molar-refractivity contribution in [1.82, 2.24) is 5.32 Å². The van der Waals surface area contributed by atoms with Gasteiger partial charge in [-0.1, -0.05) is 0 Å². The first-order chi connectivity index (χ1) is 11.2. The third-order valence-corrected chi connectivity index (χ3v) is 3.40. The van der Waals surface area contributed by atoms with Gasteiger partial charge in [-0.2, -0.15) is 0 Å². The van der Waals surface area contributed by atoms with Crippen LogP contribution in [0.1, 0.15) is 13.3 Å². The van der Waals surface area contributed by atoms with E-state index in [1.54, 1.807) is 0 Å². The fourth-order valence-electron chi connectivity index (χ4n) is 2.30. The highest BCUT2D eigenvalue weighted by atomic mass is 16.7. The molecule has 1 heterocycles. The molecule has 24 heavy (non-hydrogen) atoms. The molecule has 1 aliphatic rings. The first-order valence-corrected chi connectivity index (χ1v) is 6.74. The van der Waals surface area contributed by atoms with Gasteiger partial charge in [-0.3, -0.25) is 4.79 Å². The zero-order chi connectivity index (χ0) is 18.5. The molecule has 6 N–H and O–H groups in total. The van der Waals surface area contributed by atoms with Gasteiger partial charge in [0.05, 0.1) is 19.1 Å². The van der Waals surface area contributed by atoms with Crippen LogP contribution in [0, 0.1) is 0 Å². The molecule has 0 radical (unpaired) electrons. The minimum atomic E-state index is -2.84. The van der Waals surface area contributed by atoms with Crippen molar-refractivity contribution in [1.29, 1.82) is 0 Å². The lowest BCUT2D eigenvalue weighted by Gasteiger charge is -2.45. The third kappa shape index (κ3) is 4.44. The third-order valence-electron chi connectivity index (χ3n) is 3.40. The van der Waals surface area contributed by atoms with E-state index in [9.17, 15) is 24.9 Å². The van der Waals surface area contributed by atoms with Gasteiger partial charge < -0.3 is 40.4 Å². The lowest BCUT2D eigenvalue weighted by atomic mass is 9.88. The molecule has 1 saturated heterocycles. The van der Waals surface area contributed by atoms with E-state index in [0.29, 0.717) is 0 Å². The van der Waals surface area contributed by atoms with Crippen LogP contribution in [0.4, 0.5) is 0 Å². The molecule has 0 spiro atoms. The Balaban J connectivity index is 3.25. The van der Waals surface area contributed by atoms with Gasteiger partial charge in [-0.15, -0.1) is 0 Å². The van der Waals surface area contributed by atoms with Crippen LogP contribution in [0.15, 0.2) is 5.28 Å². The van der Waals surface area contributed by atoms with Gasteiger partial charge in [-0.25, -0.2) is 4.79 Å². The number of carbonyl (C=O) groups excluding carboxylic acids is 1. The summed E-state index contributed by atoms with van der Waals surface area (Å²) >= 11 is 0. The predicted molar refractivity (Wildman–Crippen MR) is 72.8 cm³/mol. The molecular formula is C11H18N4O9. The minimum absolute atomic E-state index is 0.630. The number of aliphatic hydroxyl groups excluding tert-OH is 3. The molecule has 136 valence electrons. The van der Waals surface area contributed by atoms with E-state index in [1.807, 2.05) is 0 Å². The number of hydrogen-bond donors (Lipinski definition) is 6. The zero-order valence-corrected chi connectivity index (χ0v) is 12.5. The second-order valence-corrected chi connectivity index (χ2v) is 5.16. The number of hydrogen-bond acceptors (Lipinski definition) is 9. The summed E-state index contributed by atoms with van der Waals surface area (Å²) in [6.07, 6.45) is -7.49. The minimum Gasteiger partial charge on any atom is -0.477 e. The van der Waals surface area contributed by atoms with E-state index in [0.717, 1.165) is 6.92 Å². The van der Waals surface area contributed by atoms with Crippen molar-refractivity contribution in [3.63, 3.8) is 0 Å². The highest BCUT2D eigenvalue weighted by Gasteiger charge is 2.55. The maximum Gasteiger partial charge on any atom is 0.364 e. The Labute approximate surface area is 135 Å². The second-order valence-electron chi connectivity index (χ2n) is 5.16. The van der Waals surface area contributed by atoms with Crippen LogP contribution < -0.4 is 5.32 Å². The number of aliphatic hydroxyl groups is 4. The number of azide groups is 1. The molecule has 0 aliphatic carbocycles. The van der Waals surface area contributed by atoms with E-state index >= 15 is 0 Å². The van der Waals surface area contributed by atoms with Gasteiger partial charge in [0, 0.05) is 11.8 Å². The van der Waals surface area contributed by atoms with Crippen molar-refractivity contribution >= 4 is 11.9 Å². The summed E-state index contributed by atoms with van der Waals surface area (Å²) in [5.41, 5.74) is 8.32. The van der Waals surface area contributed by atoms with E-state index in [2.05, 4.69) is 15.5 Å². The van der Waals surface area contributed by atoms with Crippen molar-refractivity contribution in [2.75, 3.05) is 6.61 Å². The lowest BCUT2D eigenvalue weighted by Crippen LogP contribution is -2.67. The van der Waals surface area contributed by atoms with Crippen molar-refractivity contribution in [2.24, 2.45) is 5.28 Å². The average Bonchev–Trinajstić information content (AvgIpc) is 2.52. The summed E-state index contributed by atoms with van der Waals surface area (Å²) in [5.74, 6) is -5.30. The fraction of sp³-hybridized carbons (Fsp3) is 0.818. The van der Waals surface area contributed by atoms with Crippen LogP contribution in [-0.2, 0) is 19.2 Å². The Morgan fingerprint density at radius 1 is 1.54 bits per heavy atom. The summed E-state index contributed by atoms with van der Waals surface area (Å²) in [7, 11) is 0. The molecule has 1 fully saturated rings. The van der Waals surface area contributed by atoms with E-state index in [1.165, 1.54) is 0 Å². The SMILES string of the molecule is CC(=O)N[C@H]1[C@H]([C@H](O)[C@H](O)CO)OC(O)(C(=O)O)C[C@@H]1ON=[N+]=[N-]. The Bertz CT molecular complexity index is 526. The van der Waals surface area contributed by atoms with Crippen LogP contribution in [0.25, 0.3) is 10.4 Å². The first kappa shape index (κ1) is 19.9. The molecule has 6 atom stereocenters. The molecule has 0 aromatic carbocycles. The monoisotopic (exact) mass is 350 g/mol. The van der Waals surface area contributed by atoms with Crippen molar-refractivity contribution < 1.29 is 44.7 Å². The van der Waals surface area contributed by atoms with E-state index < -0.39 is 61.1 Å². The summed E-state index contributed by atoms with van der Waals surface area (Å²) in [6, 6.07) is -1.29. The molecule has 13 nitrogen and oxygen atoms in total. The van der Waals surface area contributed by atoms with Gasteiger partial charge in [0.2, 0.25) is 5.91 Å². The number of nitrogens with zero attached hydrogens (tertiary/aromatic N) is 3. The number of rotatable bonds is 7. The van der Waals surface area contributed by atoms with Crippen molar-refractivity contribution in [2.45, 2.75) is 49.6 Å². The number of amides is 1. The van der Waals surface area contributed by atoms with Gasteiger partial charge in [0.25, 0.3) is 5.79 Å². The maximum absolute atomic E-state index is 11.3. The van der Waals surface area contributed by atoms with Crippen molar-refractivity contribution in [3.8, 4) is 0 Å². The van der Waals surface area contributed by atoms with Crippen LogP contribution >= 0.6 is 0 Å². The number of aliphatic carboxylic acids is 1. The quantitative estimate of drug-likeness (QED) is 0.122. The molecule has 0 aromatic rings. The van der Waals surface area contributed by atoms with Gasteiger partial charge in [0.15, 0.2) is 0 Å². The number of carboxylic acid groups (broad SMARTS) is 1. The molecule has 0 saturated carbocycles. The standard InChI is InChI=1S/C11H18N4O9/c1-4(17)13-7-6(24-15-14-12)2-11(22,10(20)21)23-9(7)8(19)5(18)3-16/h5-9,16,18-19,22H,2-3H2,1H3,(H,13,17)(H,20,21)/t5-,6+,7-,8-,9-,11?/m1/s1. The number of carbonyl (C=O) groups is 2. The van der Waals surface area contributed by atoms with Crippen LogP contribution in [0.2, 0.25) is 0 Å². The van der Waals surface area contributed by atoms with Crippen LogP contribution in [0.5, 0.6) is 0 Å². The second kappa shape index (κ2) is 8.10. The topological polar surface area (TPSA) is 215 Å². The number of nitrogens with one attached hydrogen (secondary N) is 1. The summed E-state index contributed by atoms with van der Waals surface area (Å²) in [6.45, 7) is 0.204. The summed E-state index contributed by atoms with van der Waals surface area (Å²) < 4.78 is 4.95. The maximum atomic E-state index is 11.3. The Hall–Kier alpha value is -2.15. The molecule has 0 aromatic heterocycles. The Kier molecular flexibility index (Phi) is 6.71.